The summed E-state index contributed by atoms with van der Waals surface area (Å²) in [6, 6.07) is 6.96. The van der Waals surface area contributed by atoms with Gasteiger partial charge in [0.1, 0.15) is 5.76 Å². The maximum Gasteiger partial charge on any atom is 0.416 e. The van der Waals surface area contributed by atoms with E-state index in [0.29, 0.717) is 16.0 Å². The van der Waals surface area contributed by atoms with Gasteiger partial charge in [-0.25, -0.2) is 0 Å². The fraction of sp³-hybridized carbons (Fsp3) is 0.286. The van der Waals surface area contributed by atoms with Crippen LogP contribution in [0.4, 0.5) is 13.2 Å². The Bertz CT molecular complexity index is 607. The van der Waals surface area contributed by atoms with E-state index >= 15 is 0 Å². The van der Waals surface area contributed by atoms with Gasteiger partial charge in [-0.1, -0.05) is 6.07 Å². The van der Waals surface area contributed by atoms with E-state index in [9.17, 15) is 13.2 Å². The summed E-state index contributed by atoms with van der Waals surface area (Å²) in [4.78, 5) is 0. The molecular formula is C14H13BrF3NO. The summed E-state index contributed by atoms with van der Waals surface area (Å²) in [5.74, 6) is 0.641. The summed E-state index contributed by atoms with van der Waals surface area (Å²) in [5.41, 5.74) is 0.670. The van der Waals surface area contributed by atoms with Crippen molar-refractivity contribution in [1.29, 1.82) is 0 Å². The molecule has 2 nitrogen and oxygen atoms in total. The number of halogens is 4. The van der Waals surface area contributed by atoms with Gasteiger partial charge in [0, 0.05) is 0 Å². The highest BCUT2D eigenvalue weighted by Gasteiger charge is 2.31. The molecule has 1 heterocycles. The molecule has 0 fully saturated rings. The maximum absolute atomic E-state index is 12.7. The number of alkyl halides is 3. The van der Waals surface area contributed by atoms with Gasteiger partial charge < -0.3 is 9.73 Å². The molecule has 0 saturated heterocycles. The van der Waals surface area contributed by atoms with Gasteiger partial charge >= 0.3 is 6.18 Å². The Morgan fingerprint density at radius 2 is 1.90 bits per heavy atom. The minimum atomic E-state index is -4.33. The number of furan rings is 1. The van der Waals surface area contributed by atoms with Crippen molar-refractivity contribution in [2.45, 2.75) is 19.1 Å². The van der Waals surface area contributed by atoms with Crippen molar-refractivity contribution >= 4 is 15.9 Å². The van der Waals surface area contributed by atoms with Crippen LogP contribution >= 0.6 is 15.9 Å². The Morgan fingerprint density at radius 3 is 2.35 bits per heavy atom. The van der Waals surface area contributed by atoms with E-state index in [1.165, 1.54) is 6.07 Å². The second-order valence-corrected chi connectivity index (χ2v) is 5.21. The highest BCUT2D eigenvalue weighted by Crippen LogP contribution is 2.33. The third-order valence-electron chi connectivity index (χ3n) is 3.08. The van der Waals surface area contributed by atoms with Gasteiger partial charge in [-0.2, -0.15) is 13.2 Å². The van der Waals surface area contributed by atoms with E-state index in [4.69, 9.17) is 4.42 Å². The van der Waals surface area contributed by atoms with Crippen LogP contribution in [0.25, 0.3) is 0 Å². The molecule has 20 heavy (non-hydrogen) atoms. The largest absolute Gasteiger partial charge is 0.452 e. The summed E-state index contributed by atoms with van der Waals surface area (Å²) < 4.78 is 44.1. The average molecular weight is 348 g/mol. The monoisotopic (exact) mass is 347 g/mol. The quantitative estimate of drug-likeness (QED) is 0.872. The van der Waals surface area contributed by atoms with Crippen LogP contribution in [0.5, 0.6) is 0 Å². The zero-order valence-electron chi connectivity index (χ0n) is 10.9. The van der Waals surface area contributed by atoms with Crippen LogP contribution in [-0.2, 0) is 6.18 Å². The summed E-state index contributed by atoms with van der Waals surface area (Å²) in [5, 5.41) is 3.05. The first kappa shape index (κ1) is 15.1. The molecular weight excluding hydrogens is 335 g/mol. The zero-order chi connectivity index (χ0) is 14.9. The topological polar surface area (TPSA) is 25.2 Å². The first-order valence-electron chi connectivity index (χ1n) is 5.93. The molecule has 0 aliphatic rings. The van der Waals surface area contributed by atoms with Gasteiger partial charge in [0.15, 0.2) is 4.67 Å². The Labute approximate surface area is 123 Å². The van der Waals surface area contributed by atoms with Crippen LogP contribution in [0.15, 0.2) is 39.4 Å². The number of rotatable bonds is 3. The molecule has 1 N–H and O–H groups in total. The predicted molar refractivity (Wildman–Crippen MR) is 73.5 cm³/mol. The molecule has 0 radical (unpaired) electrons. The lowest BCUT2D eigenvalue weighted by Gasteiger charge is -2.18. The lowest BCUT2D eigenvalue weighted by molar-refractivity contribution is -0.137. The molecule has 1 aromatic heterocycles. The van der Waals surface area contributed by atoms with E-state index in [-0.39, 0.29) is 6.04 Å². The number of nitrogens with one attached hydrogen (secondary N) is 1. The van der Waals surface area contributed by atoms with Gasteiger partial charge in [-0.3, -0.25) is 0 Å². The fourth-order valence-electron chi connectivity index (χ4n) is 2.11. The third-order valence-corrected chi connectivity index (χ3v) is 3.50. The number of hydrogen-bond acceptors (Lipinski definition) is 2. The summed E-state index contributed by atoms with van der Waals surface area (Å²) in [7, 11) is 1.73. The van der Waals surface area contributed by atoms with E-state index in [2.05, 4.69) is 21.2 Å². The zero-order valence-corrected chi connectivity index (χ0v) is 12.5. The first-order chi connectivity index (χ1) is 9.32. The normalized spacial score (nSPS) is 13.5. The SMILES string of the molecule is CNC(c1ccc(Br)o1)c1ccc(C(F)(F)F)cc1C. The standard InChI is InChI=1S/C14H13BrF3NO/c1-8-7-9(14(16,17)18)3-4-10(8)13(19-2)11-5-6-12(15)20-11/h3-7,13,19H,1-2H3. The van der Waals surface area contributed by atoms with Crippen LogP contribution in [0.2, 0.25) is 0 Å². The van der Waals surface area contributed by atoms with Gasteiger partial charge in [0.2, 0.25) is 0 Å². The van der Waals surface area contributed by atoms with E-state index in [1.54, 1.807) is 26.1 Å². The predicted octanol–water partition coefficient (Wildman–Crippen LogP) is 4.68. The van der Waals surface area contributed by atoms with Gasteiger partial charge in [-0.05, 0) is 65.3 Å². The molecule has 2 aromatic rings. The number of hydrogen-bond donors (Lipinski definition) is 1. The Morgan fingerprint density at radius 1 is 1.20 bits per heavy atom. The number of benzene rings is 1. The summed E-state index contributed by atoms with van der Waals surface area (Å²) in [6.07, 6.45) is -4.33. The minimum absolute atomic E-state index is 0.288. The lowest BCUT2D eigenvalue weighted by Crippen LogP contribution is -2.18. The molecule has 108 valence electrons. The molecule has 1 aromatic carbocycles. The van der Waals surface area contributed by atoms with Crippen LogP contribution in [0, 0.1) is 6.92 Å². The maximum atomic E-state index is 12.7. The second-order valence-electron chi connectivity index (χ2n) is 4.43. The van der Waals surface area contributed by atoms with Gasteiger partial charge in [0.05, 0.1) is 11.6 Å². The van der Waals surface area contributed by atoms with E-state index in [0.717, 1.165) is 17.7 Å². The van der Waals surface area contributed by atoms with Crippen molar-refractivity contribution in [3.05, 3.63) is 57.5 Å². The van der Waals surface area contributed by atoms with Crippen molar-refractivity contribution in [3.8, 4) is 0 Å². The van der Waals surface area contributed by atoms with Crippen molar-refractivity contribution in [3.63, 3.8) is 0 Å². The fourth-order valence-corrected chi connectivity index (χ4v) is 2.43. The highest BCUT2D eigenvalue weighted by molar-refractivity contribution is 9.10. The molecule has 2 rings (SSSR count). The Kier molecular flexibility index (Phi) is 4.25. The van der Waals surface area contributed by atoms with Crippen LogP contribution in [0.1, 0.15) is 28.5 Å². The highest BCUT2D eigenvalue weighted by atomic mass is 79.9. The molecule has 0 saturated carbocycles. The molecule has 0 aliphatic carbocycles. The molecule has 1 unspecified atom stereocenters. The van der Waals surface area contributed by atoms with Crippen molar-refractivity contribution in [2.75, 3.05) is 7.05 Å². The minimum Gasteiger partial charge on any atom is -0.452 e. The molecule has 1 atom stereocenters. The molecule has 0 amide bonds. The third kappa shape index (κ3) is 3.07. The summed E-state index contributed by atoms with van der Waals surface area (Å²) in [6.45, 7) is 1.66. The molecule has 0 bridgehead atoms. The second kappa shape index (κ2) is 5.61. The van der Waals surface area contributed by atoms with E-state index in [1.807, 2.05) is 0 Å². The average Bonchev–Trinajstić information content (AvgIpc) is 2.77. The van der Waals surface area contributed by atoms with Crippen LogP contribution < -0.4 is 5.32 Å². The number of aryl methyl sites for hydroxylation is 1. The molecule has 0 aliphatic heterocycles. The van der Waals surface area contributed by atoms with Crippen molar-refractivity contribution in [1.82, 2.24) is 5.32 Å². The summed E-state index contributed by atoms with van der Waals surface area (Å²) >= 11 is 3.22. The molecule has 0 spiro atoms. The van der Waals surface area contributed by atoms with Crippen molar-refractivity contribution < 1.29 is 17.6 Å². The van der Waals surface area contributed by atoms with Crippen molar-refractivity contribution in [2.24, 2.45) is 0 Å². The molecule has 6 heteroatoms. The lowest BCUT2D eigenvalue weighted by atomic mass is 9.97. The van der Waals surface area contributed by atoms with Gasteiger partial charge in [-0.15, -0.1) is 0 Å². The Hall–Kier alpha value is -1.27. The van der Waals surface area contributed by atoms with Gasteiger partial charge in [0.25, 0.3) is 0 Å². The smallest absolute Gasteiger partial charge is 0.416 e. The first-order valence-corrected chi connectivity index (χ1v) is 6.72. The van der Waals surface area contributed by atoms with Crippen LogP contribution in [0.3, 0.4) is 0 Å². The van der Waals surface area contributed by atoms with Crippen LogP contribution in [-0.4, -0.2) is 7.05 Å². The Balaban J connectivity index is 2.41. The van der Waals surface area contributed by atoms with E-state index < -0.39 is 11.7 Å².